The lowest BCUT2D eigenvalue weighted by molar-refractivity contribution is -0.138. The molecule has 0 saturated heterocycles. The molecule has 0 fully saturated rings. The number of rotatable bonds is 5. The van der Waals surface area contributed by atoms with Crippen molar-refractivity contribution in [3.05, 3.63) is 21.9 Å². The molecule has 0 aliphatic rings. The summed E-state index contributed by atoms with van der Waals surface area (Å²) >= 11 is 1.66. The summed E-state index contributed by atoms with van der Waals surface area (Å²) in [5.74, 6) is -0.972. The molecular formula is C9H14N2O2S. The number of carbonyl (C=O) groups is 1. The first-order chi connectivity index (χ1) is 6.61. The van der Waals surface area contributed by atoms with Crippen LogP contribution in [0.25, 0.3) is 0 Å². The molecule has 0 radical (unpaired) electrons. The number of hydrogen-bond acceptors (Lipinski definition) is 4. The van der Waals surface area contributed by atoms with Crippen LogP contribution in [0.3, 0.4) is 0 Å². The Kier molecular flexibility index (Phi) is 4.06. The number of nitrogens with two attached hydrogens (primary N) is 1. The van der Waals surface area contributed by atoms with E-state index in [1.807, 2.05) is 18.4 Å². The molecule has 0 aliphatic carbocycles. The topological polar surface area (TPSA) is 75.3 Å². The molecule has 4 nitrogen and oxygen atoms in total. The fraction of sp³-hybridized carbons (Fsp3) is 0.444. The Labute approximate surface area is 86.7 Å². The maximum atomic E-state index is 10.4. The molecule has 1 aromatic heterocycles. The smallest absolute Gasteiger partial charge is 0.321 e. The molecule has 1 unspecified atom stereocenters. The largest absolute Gasteiger partial charge is 0.480 e. The van der Waals surface area contributed by atoms with E-state index in [2.05, 4.69) is 5.32 Å². The van der Waals surface area contributed by atoms with Gasteiger partial charge in [0, 0.05) is 18.0 Å². The van der Waals surface area contributed by atoms with Crippen LogP contribution in [0.15, 0.2) is 11.4 Å². The molecule has 14 heavy (non-hydrogen) atoms. The van der Waals surface area contributed by atoms with Crippen LogP contribution in [0.1, 0.15) is 10.4 Å². The van der Waals surface area contributed by atoms with E-state index in [4.69, 9.17) is 10.8 Å². The quantitative estimate of drug-likeness (QED) is 0.669. The van der Waals surface area contributed by atoms with E-state index in [9.17, 15) is 4.79 Å². The molecule has 5 heteroatoms. The molecule has 0 saturated carbocycles. The summed E-state index contributed by atoms with van der Waals surface area (Å²) in [5.41, 5.74) is 6.56. The molecule has 1 aromatic rings. The summed E-state index contributed by atoms with van der Waals surface area (Å²) in [4.78, 5) is 11.6. The zero-order valence-corrected chi connectivity index (χ0v) is 8.80. The maximum Gasteiger partial charge on any atom is 0.321 e. The van der Waals surface area contributed by atoms with Gasteiger partial charge in [0.05, 0.1) is 0 Å². The Morgan fingerprint density at radius 1 is 1.79 bits per heavy atom. The van der Waals surface area contributed by atoms with Gasteiger partial charge in [-0.2, -0.15) is 0 Å². The highest BCUT2D eigenvalue weighted by molar-refractivity contribution is 7.10. The lowest BCUT2D eigenvalue weighted by Crippen LogP contribution is -2.39. The van der Waals surface area contributed by atoms with E-state index in [1.54, 1.807) is 11.3 Å². The summed E-state index contributed by atoms with van der Waals surface area (Å²) in [6.07, 6.45) is 0. The number of aliphatic carboxylic acids is 1. The van der Waals surface area contributed by atoms with Gasteiger partial charge in [0.2, 0.25) is 0 Å². The van der Waals surface area contributed by atoms with Crippen LogP contribution in [0.5, 0.6) is 0 Å². The Morgan fingerprint density at radius 2 is 2.50 bits per heavy atom. The van der Waals surface area contributed by atoms with Crippen LogP contribution in [0.4, 0.5) is 0 Å². The summed E-state index contributed by atoms with van der Waals surface area (Å²) in [6.45, 7) is 3.02. The zero-order chi connectivity index (χ0) is 10.6. The number of carboxylic acids is 1. The van der Waals surface area contributed by atoms with E-state index in [0.29, 0.717) is 13.1 Å². The molecule has 0 bridgehead atoms. The van der Waals surface area contributed by atoms with Crippen molar-refractivity contribution in [1.29, 1.82) is 0 Å². The minimum atomic E-state index is -0.972. The molecule has 78 valence electrons. The van der Waals surface area contributed by atoms with E-state index < -0.39 is 12.0 Å². The van der Waals surface area contributed by atoms with Crippen molar-refractivity contribution < 1.29 is 9.90 Å². The first kappa shape index (κ1) is 11.2. The number of nitrogens with one attached hydrogen (secondary N) is 1. The van der Waals surface area contributed by atoms with Crippen LogP contribution < -0.4 is 11.1 Å². The van der Waals surface area contributed by atoms with Crippen LogP contribution in [-0.2, 0) is 11.3 Å². The second-order valence-electron chi connectivity index (χ2n) is 3.10. The van der Waals surface area contributed by atoms with Gasteiger partial charge in [-0.1, -0.05) is 0 Å². The summed E-state index contributed by atoms with van der Waals surface area (Å²) in [7, 11) is 0. The van der Waals surface area contributed by atoms with Crippen LogP contribution in [0.2, 0.25) is 0 Å². The van der Waals surface area contributed by atoms with Gasteiger partial charge in [-0.25, -0.2) is 0 Å². The fourth-order valence-corrected chi connectivity index (χ4v) is 1.89. The number of aryl methyl sites for hydroxylation is 1. The van der Waals surface area contributed by atoms with Crippen molar-refractivity contribution in [2.45, 2.75) is 19.5 Å². The van der Waals surface area contributed by atoms with Crippen molar-refractivity contribution in [2.75, 3.05) is 6.54 Å². The standard InChI is InChI=1S/C9H14N2O2S/c1-6-2-3-14-8(6)5-11-4-7(10)9(12)13/h2-3,7,11H,4-5,10H2,1H3,(H,12,13). The highest BCUT2D eigenvalue weighted by atomic mass is 32.1. The van der Waals surface area contributed by atoms with E-state index in [-0.39, 0.29) is 0 Å². The molecule has 0 spiro atoms. The zero-order valence-electron chi connectivity index (χ0n) is 7.99. The molecule has 0 aliphatic heterocycles. The Bertz CT molecular complexity index is 312. The fourth-order valence-electron chi connectivity index (χ4n) is 1.01. The SMILES string of the molecule is Cc1ccsc1CNCC(N)C(=O)O. The Balaban J connectivity index is 2.29. The normalized spacial score (nSPS) is 12.7. The molecule has 1 atom stereocenters. The monoisotopic (exact) mass is 214 g/mol. The van der Waals surface area contributed by atoms with Crippen molar-refractivity contribution in [3.63, 3.8) is 0 Å². The Hall–Kier alpha value is -0.910. The highest BCUT2D eigenvalue weighted by Gasteiger charge is 2.10. The van der Waals surface area contributed by atoms with Crippen molar-refractivity contribution in [1.82, 2.24) is 5.32 Å². The van der Waals surface area contributed by atoms with Gasteiger partial charge in [-0.05, 0) is 23.9 Å². The van der Waals surface area contributed by atoms with Crippen LogP contribution in [0, 0.1) is 6.92 Å². The molecule has 0 amide bonds. The summed E-state index contributed by atoms with van der Waals surface area (Å²) in [5, 5.41) is 13.6. The summed E-state index contributed by atoms with van der Waals surface area (Å²) in [6, 6.07) is 1.22. The predicted molar refractivity (Wildman–Crippen MR) is 56.4 cm³/mol. The van der Waals surface area contributed by atoms with Gasteiger partial charge in [0.1, 0.15) is 6.04 Å². The first-order valence-electron chi connectivity index (χ1n) is 4.33. The highest BCUT2D eigenvalue weighted by Crippen LogP contribution is 2.14. The van der Waals surface area contributed by atoms with E-state index >= 15 is 0 Å². The summed E-state index contributed by atoms with van der Waals surface area (Å²) < 4.78 is 0. The molecule has 1 heterocycles. The molecule has 1 rings (SSSR count). The molecule has 4 N–H and O–H groups in total. The minimum Gasteiger partial charge on any atom is -0.480 e. The third-order valence-electron chi connectivity index (χ3n) is 1.94. The van der Waals surface area contributed by atoms with Gasteiger partial charge in [0.15, 0.2) is 0 Å². The number of hydrogen-bond donors (Lipinski definition) is 3. The van der Waals surface area contributed by atoms with Crippen molar-refractivity contribution >= 4 is 17.3 Å². The number of carboxylic acid groups (broad SMARTS) is 1. The average Bonchev–Trinajstić information content (AvgIpc) is 2.51. The Morgan fingerprint density at radius 3 is 3.00 bits per heavy atom. The third kappa shape index (κ3) is 3.10. The first-order valence-corrected chi connectivity index (χ1v) is 5.21. The number of thiophene rings is 1. The van der Waals surface area contributed by atoms with Gasteiger partial charge in [-0.15, -0.1) is 11.3 Å². The lowest BCUT2D eigenvalue weighted by atomic mass is 10.3. The average molecular weight is 214 g/mol. The van der Waals surface area contributed by atoms with Gasteiger partial charge < -0.3 is 16.2 Å². The minimum absolute atomic E-state index is 0.298. The van der Waals surface area contributed by atoms with Gasteiger partial charge in [0.25, 0.3) is 0 Å². The van der Waals surface area contributed by atoms with Gasteiger partial charge >= 0.3 is 5.97 Å². The van der Waals surface area contributed by atoms with Crippen LogP contribution >= 0.6 is 11.3 Å². The molecular weight excluding hydrogens is 200 g/mol. The lowest BCUT2D eigenvalue weighted by Gasteiger charge is -2.07. The van der Waals surface area contributed by atoms with Gasteiger partial charge in [-0.3, -0.25) is 4.79 Å². The maximum absolute atomic E-state index is 10.4. The predicted octanol–water partition coefficient (Wildman–Crippen LogP) is 0.558. The van der Waals surface area contributed by atoms with Crippen LogP contribution in [-0.4, -0.2) is 23.7 Å². The third-order valence-corrected chi connectivity index (χ3v) is 2.96. The second-order valence-corrected chi connectivity index (χ2v) is 4.10. The van der Waals surface area contributed by atoms with Crippen molar-refractivity contribution in [3.8, 4) is 0 Å². The van der Waals surface area contributed by atoms with E-state index in [0.717, 1.165) is 0 Å². The molecule has 0 aromatic carbocycles. The second kappa shape index (κ2) is 5.09. The van der Waals surface area contributed by atoms with E-state index in [1.165, 1.54) is 10.4 Å². The van der Waals surface area contributed by atoms with Crippen molar-refractivity contribution in [2.24, 2.45) is 5.73 Å².